The van der Waals surface area contributed by atoms with Gasteiger partial charge in [-0.15, -0.1) is 0 Å². The first-order chi connectivity index (χ1) is 14.3. The van der Waals surface area contributed by atoms with Crippen molar-refractivity contribution in [2.75, 3.05) is 41.7 Å². The molecule has 5 nitrogen and oxygen atoms in total. The third-order valence-electron chi connectivity index (χ3n) is 6.13. The van der Waals surface area contributed by atoms with E-state index >= 15 is 0 Å². The van der Waals surface area contributed by atoms with Gasteiger partial charge in [-0.2, -0.15) is 0 Å². The van der Waals surface area contributed by atoms with Crippen molar-refractivity contribution in [1.82, 2.24) is 4.90 Å². The molecule has 1 unspecified atom stereocenters. The van der Waals surface area contributed by atoms with Crippen molar-refractivity contribution in [2.24, 2.45) is 5.41 Å². The van der Waals surface area contributed by atoms with Gasteiger partial charge in [-0.25, -0.2) is 9.18 Å². The Balaban J connectivity index is 1.55. The molecule has 0 aromatic heterocycles. The highest BCUT2D eigenvalue weighted by molar-refractivity contribution is 6.31. The van der Waals surface area contributed by atoms with E-state index in [-0.39, 0.29) is 17.1 Å². The maximum Gasteiger partial charge on any atom is 0.326 e. The van der Waals surface area contributed by atoms with Gasteiger partial charge in [0.1, 0.15) is 5.82 Å². The van der Waals surface area contributed by atoms with Gasteiger partial charge >= 0.3 is 6.03 Å². The van der Waals surface area contributed by atoms with Crippen molar-refractivity contribution >= 4 is 34.7 Å². The Morgan fingerprint density at radius 2 is 1.97 bits per heavy atom. The zero-order chi connectivity index (χ0) is 21.3. The first-order valence-electron chi connectivity index (χ1n) is 10.4. The number of benzene rings is 2. The molecular weight excluding hydrogens is 403 g/mol. The number of para-hydroxylation sites is 2. The third-order valence-corrected chi connectivity index (χ3v) is 6.41. The molecule has 2 aliphatic heterocycles. The molecule has 2 aliphatic rings. The summed E-state index contributed by atoms with van der Waals surface area (Å²) in [4.78, 5) is 17.6. The lowest BCUT2D eigenvalue weighted by atomic mass is 9.82. The average Bonchev–Trinajstić information content (AvgIpc) is 2.72. The van der Waals surface area contributed by atoms with Crippen LogP contribution in [0.5, 0.6) is 0 Å². The summed E-state index contributed by atoms with van der Waals surface area (Å²) < 4.78 is 13.5. The van der Waals surface area contributed by atoms with Gasteiger partial charge in [0, 0.05) is 18.8 Å². The number of hydrogen-bond acceptors (Lipinski definition) is 3. The van der Waals surface area contributed by atoms with Crippen molar-refractivity contribution in [2.45, 2.75) is 32.7 Å². The highest BCUT2D eigenvalue weighted by Gasteiger charge is 2.34. The molecule has 4 rings (SSSR count). The fourth-order valence-electron chi connectivity index (χ4n) is 4.17. The smallest absolute Gasteiger partial charge is 0.326 e. The minimum Gasteiger partial charge on any atom is -0.381 e. The van der Waals surface area contributed by atoms with Gasteiger partial charge in [-0.3, -0.25) is 4.90 Å². The number of hydrogen-bond donors (Lipinski definition) is 2. The summed E-state index contributed by atoms with van der Waals surface area (Å²) in [5.41, 5.74) is 2.63. The first kappa shape index (κ1) is 20.9. The van der Waals surface area contributed by atoms with Crippen molar-refractivity contribution in [3.63, 3.8) is 0 Å². The predicted octanol–water partition coefficient (Wildman–Crippen LogP) is 5.43. The third kappa shape index (κ3) is 4.55. The van der Waals surface area contributed by atoms with Gasteiger partial charge in [0.05, 0.1) is 22.4 Å². The van der Waals surface area contributed by atoms with E-state index in [0.29, 0.717) is 17.6 Å². The molecule has 2 aromatic carbocycles. The predicted molar refractivity (Wildman–Crippen MR) is 121 cm³/mol. The maximum absolute atomic E-state index is 13.5. The molecule has 0 saturated carbocycles. The molecule has 1 fully saturated rings. The monoisotopic (exact) mass is 430 g/mol. The van der Waals surface area contributed by atoms with Crippen molar-refractivity contribution in [3.8, 4) is 0 Å². The number of carbonyl (C=O) groups excluding carboxylic acids is 1. The summed E-state index contributed by atoms with van der Waals surface area (Å²) in [6.45, 7) is 8.18. The molecule has 0 spiro atoms. The lowest BCUT2D eigenvalue weighted by molar-refractivity contribution is 0.127. The van der Waals surface area contributed by atoms with Crippen LogP contribution in [-0.4, -0.2) is 43.2 Å². The molecule has 0 radical (unpaired) electrons. The van der Waals surface area contributed by atoms with E-state index in [1.165, 1.54) is 18.2 Å². The van der Waals surface area contributed by atoms with Crippen LogP contribution < -0.4 is 15.5 Å². The molecule has 0 bridgehead atoms. The number of rotatable bonds is 3. The fourth-order valence-corrected chi connectivity index (χ4v) is 4.35. The molecule has 7 heteroatoms. The number of piperidine rings is 1. The molecule has 160 valence electrons. The number of anilines is 3. The Bertz CT molecular complexity index is 925. The van der Waals surface area contributed by atoms with E-state index in [0.717, 1.165) is 43.9 Å². The van der Waals surface area contributed by atoms with Gasteiger partial charge in [0.2, 0.25) is 0 Å². The first-order valence-corrected chi connectivity index (χ1v) is 10.8. The molecule has 30 heavy (non-hydrogen) atoms. The average molecular weight is 431 g/mol. The highest BCUT2D eigenvalue weighted by atomic mass is 35.5. The zero-order valence-electron chi connectivity index (χ0n) is 17.4. The summed E-state index contributed by atoms with van der Waals surface area (Å²) >= 11 is 5.89. The number of urea groups is 1. The van der Waals surface area contributed by atoms with Crippen LogP contribution in [0.3, 0.4) is 0 Å². The van der Waals surface area contributed by atoms with Gasteiger partial charge < -0.3 is 15.5 Å². The van der Waals surface area contributed by atoms with Crippen molar-refractivity contribution in [3.05, 3.63) is 53.3 Å². The quantitative estimate of drug-likeness (QED) is 0.682. The molecular formula is C23H28ClFN4O. The van der Waals surface area contributed by atoms with Crippen LogP contribution in [0.15, 0.2) is 42.5 Å². The lowest BCUT2D eigenvalue weighted by Crippen LogP contribution is -2.55. The van der Waals surface area contributed by atoms with E-state index < -0.39 is 5.82 Å². The molecule has 2 heterocycles. The van der Waals surface area contributed by atoms with Crippen LogP contribution in [0.1, 0.15) is 26.7 Å². The Labute approximate surface area is 182 Å². The Kier molecular flexibility index (Phi) is 5.89. The Morgan fingerprint density at radius 3 is 2.70 bits per heavy atom. The van der Waals surface area contributed by atoms with Crippen LogP contribution in [0, 0.1) is 11.2 Å². The second kappa shape index (κ2) is 8.44. The van der Waals surface area contributed by atoms with Crippen LogP contribution in [0.2, 0.25) is 5.02 Å². The largest absolute Gasteiger partial charge is 0.381 e. The minimum absolute atomic E-state index is 0.0130. The minimum atomic E-state index is -0.506. The maximum atomic E-state index is 13.5. The number of amides is 2. The summed E-state index contributed by atoms with van der Waals surface area (Å²) in [6.07, 6.45) is 2.31. The number of carbonyl (C=O) groups is 1. The van der Waals surface area contributed by atoms with Gasteiger partial charge in [-0.05, 0) is 61.7 Å². The zero-order valence-corrected chi connectivity index (χ0v) is 18.2. The van der Waals surface area contributed by atoms with E-state index in [2.05, 4.69) is 29.4 Å². The number of likely N-dealkylation sites (tertiary alicyclic amines) is 1. The summed E-state index contributed by atoms with van der Waals surface area (Å²) in [5, 5.41) is 6.34. The van der Waals surface area contributed by atoms with E-state index in [9.17, 15) is 9.18 Å². The summed E-state index contributed by atoms with van der Waals surface area (Å²) in [7, 11) is 0. The number of nitrogens with zero attached hydrogens (tertiary/aromatic N) is 2. The molecule has 1 atom stereocenters. The number of fused-ring (bicyclic) bond motifs is 1. The molecule has 2 amide bonds. The van der Waals surface area contributed by atoms with E-state index in [1.54, 1.807) is 0 Å². The summed E-state index contributed by atoms with van der Waals surface area (Å²) in [5.74, 6) is -0.506. The SMILES string of the molecule is CC1(C)CCN(CC2CNc3ccccc3N2C(=O)Nc2ccc(F)c(Cl)c2)CC1. The molecule has 0 aliphatic carbocycles. The molecule has 2 N–H and O–H groups in total. The lowest BCUT2D eigenvalue weighted by Gasteiger charge is -2.43. The molecule has 1 saturated heterocycles. The van der Waals surface area contributed by atoms with Crippen molar-refractivity contribution in [1.29, 1.82) is 0 Å². The topological polar surface area (TPSA) is 47.6 Å². The van der Waals surface area contributed by atoms with Gasteiger partial charge in [0.25, 0.3) is 0 Å². The van der Waals surface area contributed by atoms with Crippen LogP contribution in [0.25, 0.3) is 0 Å². The Morgan fingerprint density at radius 1 is 1.23 bits per heavy atom. The number of nitrogens with one attached hydrogen (secondary N) is 2. The van der Waals surface area contributed by atoms with E-state index in [1.807, 2.05) is 29.2 Å². The van der Waals surface area contributed by atoms with Crippen LogP contribution in [-0.2, 0) is 0 Å². The van der Waals surface area contributed by atoms with Crippen LogP contribution in [0.4, 0.5) is 26.2 Å². The highest BCUT2D eigenvalue weighted by Crippen LogP contribution is 2.34. The summed E-state index contributed by atoms with van der Waals surface area (Å²) in [6, 6.07) is 11.8. The number of halogens is 2. The van der Waals surface area contributed by atoms with Crippen LogP contribution >= 0.6 is 11.6 Å². The second-order valence-corrected chi connectivity index (χ2v) is 9.35. The van der Waals surface area contributed by atoms with Gasteiger partial charge in [0.15, 0.2) is 0 Å². The second-order valence-electron chi connectivity index (χ2n) is 8.95. The normalized spacial score (nSPS) is 20.9. The Hall–Kier alpha value is -2.31. The fraction of sp³-hybridized carbons (Fsp3) is 0.435. The molecule has 2 aromatic rings. The van der Waals surface area contributed by atoms with Gasteiger partial charge in [-0.1, -0.05) is 37.6 Å². The standard InChI is InChI=1S/C23H28ClFN4O/c1-23(2)9-11-28(12-10-23)15-17-14-26-20-5-3-4-6-21(20)29(17)22(30)27-16-7-8-19(25)18(24)13-16/h3-8,13,17,26H,9-12,14-15H2,1-2H3,(H,27,30). The van der Waals surface area contributed by atoms with Crippen molar-refractivity contribution < 1.29 is 9.18 Å². The van der Waals surface area contributed by atoms with E-state index in [4.69, 9.17) is 11.6 Å².